The largest absolute Gasteiger partial charge is 0.497 e. The fourth-order valence-corrected chi connectivity index (χ4v) is 11.7. The van der Waals surface area contributed by atoms with E-state index in [4.69, 9.17) is 19.4 Å². The monoisotopic (exact) mass is 952 g/mol. The maximum atomic E-state index is 15.0. The van der Waals surface area contributed by atoms with Crippen molar-refractivity contribution in [1.29, 1.82) is 0 Å². The molecule has 3 aliphatic heterocycles. The van der Waals surface area contributed by atoms with Crippen molar-refractivity contribution in [2.45, 2.75) is 119 Å². The van der Waals surface area contributed by atoms with Gasteiger partial charge in [-0.05, 0) is 82.6 Å². The normalized spacial score (nSPS) is 25.8. The number of fused-ring (bicyclic) bond motifs is 4. The molecule has 0 radical (unpaired) electrons. The van der Waals surface area contributed by atoms with Gasteiger partial charge < -0.3 is 40.7 Å². The quantitative estimate of drug-likeness (QED) is 0.103. The smallest absolute Gasteiger partial charge is 0.330 e. The van der Waals surface area contributed by atoms with Crippen LogP contribution in [0.15, 0.2) is 71.0 Å². The molecule has 5 amide bonds. The number of nitrogens with one attached hydrogen (secondary N) is 4. The van der Waals surface area contributed by atoms with Gasteiger partial charge in [0.05, 0.1) is 47.9 Å². The van der Waals surface area contributed by atoms with E-state index in [1.54, 1.807) is 49.6 Å². The number of carboxylic acid groups (broad SMARTS) is 1. The van der Waals surface area contributed by atoms with Crippen molar-refractivity contribution in [3.05, 3.63) is 71.6 Å². The Morgan fingerprint density at radius 2 is 1.85 bits per heavy atom. The third-order valence-corrected chi connectivity index (χ3v) is 15.7. The van der Waals surface area contributed by atoms with Crippen LogP contribution in [0.4, 0.5) is 9.93 Å². The first kappa shape index (κ1) is 46.0. The molecule has 4 aromatic rings. The van der Waals surface area contributed by atoms with Gasteiger partial charge in [-0.3, -0.25) is 18.7 Å². The van der Waals surface area contributed by atoms with E-state index in [1.807, 2.05) is 37.4 Å². The standard InChI is InChI=1S/C48H56N8O9S2/c1-27(2)49-47-53-38(26-66-47)36-22-40(32-19-18-30(64-3)20-35(32)50-36)65-31-21-39-42(57)54-48(45(60)61)23-29(48)14-7-5-4-6-8-16-34(44(59)55(39)24-31)51-46(62)52-37(28-12-11-13-28)25-56-43(58)33-15-9-10-17-41(33)67(56)63/h7,9-10,14-15,17-20,22,26-29,31,34,37,39H,4-6,8,11-13,16,21,23-25H2,1-3H3,(H,49,53)(H,54,57)(H,60,61)(H2,51,52,62)/t29?,31-,34+,37-,39+,48-,67?/m1/s1. The first-order valence-corrected chi connectivity index (χ1v) is 25.1. The van der Waals surface area contributed by atoms with Gasteiger partial charge >= 0.3 is 12.0 Å². The number of anilines is 1. The lowest BCUT2D eigenvalue weighted by molar-refractivity contribution is -0.145. The Balaban J connectivity index is 0.996. The summed E-state index contributed by atoms with van der Waals surface area (Å²) in [7, 11) is -0.159. The molecule has 2 aromatic heterocycles. The molecule has 0 spiro atoms. The van der Waals surface area contributed by atoms with Gasteiger partial charge in [-0.15, -0.1) is 11.3 Å². The summed E-state index contributed by atoms with van der Waals surface area (Å²) in [6.07, 6.45) is 9.00. The number of allylic oxidation sites excluding steroid dienone is 1. The van der Waals surface area contributed by atoms with Gasteiger partial charge in [0.15, 0.2) is 16.1 Å². The highest BCUT2D eigenvalue weighted by molar-refractivity contribution is 7.84. The van der Waals surface area contributed by atoms with Crippen molar-refractivity contribution in [1.82, 2.24) is 35.1 Å². The minimum absolute atomic E-state index is 0.0285. The second-order valence-corrected chi connectivity index (χ2v) is 20.7. The average molecular weight is 953 g/mol. The molecule has 5 heterocycles. The lowest BCUT2D eigenvalue weighted by atomic mass is 9.79. The van der Waals surface area contributed by atoms with Crippen molar-refractivity contribution in [3.8, 4) is 22.9 Å². The Kier molecular flexibility index (Phi) is 13.2. The highest BCUT2D eigenvalue weighted by Crippen LogP contribution is 2.46. The van der Waals surface area contributed by atoms with Crippen molar-refractivity contribution >= 4 is 68.1 Å². The number of urea groups is 1. The van der Waals surface area contributed by atoms with E-state index < -0.39 is 70.5 Å². The van der Waals surface area contributed by atoms with E-state index in [2.05, 4.69) is 21.3 Å². The molecule has 17 nitrogen and oxygen atoms in total. The fourth-order valence-electron chi connectivity index (χ4n) is 9.54. The first-order valence-electron chi connectivity index (χ1n) is 23.1. The molecule has 1 saturated heterocycles. The maximum Gasteiger partial charge on any atom is 0.330 e. The highest BCUT2D eigenvalue weighted by atomic mass is 32.2. The van der Waals surface area contributed by atoms with Crippen LogP contribution in [0.2, 0.25) is 0 Å². The number of pyridine rings is 1. The number of rotatable bonds is 12. The van der Waals surface area contributed by atoms with E-state index in [9.17, 15) is 28.5 Å². The van der Waals surface area contributed by atoms with Crippen LogP contribution in [-0.4, -0.2) is 114 Å². The van der Waals surface area contributed by atoms with E-state index in [1.165, 1.54) is 20.5 Å². The number of carboxylic acids is 1. The SMILES string of the molecule is COc1ccc2c(O[C@@H]3C[C@H]4C(=O)N[C@]5(C(=O)O)CC5C=CCCCCC[C@H](NC(=O)N[C@H](CN5C(=O)c6ccccc6S5=O)C5CCC5)C(=O)N4C3)cc(-c3csc(NC(C)C)n3)nc2c1. The topological polar surface area (TPSA) is 221 Å². The highest BCUT2D eigenvalue weighted by Gasteiger charge is 2.61. The van der Waals surface area contributed by atoms with Crippen LogP contribution < -0.4 is 30.7 Å². The van der Waals surface area contributed by atoms with Crippen LogP contribution in [0.25, 0.3) is 22.3 Å². The first-order chi connectivity index (χ1) is 32.3. The summed E-state index contributed by atoms with van der Waals surface area (Å²) in [6.45, 7) is 4.04. The van der Waals surface area contributed by atoms with Crippen molar-refractivity contribution in [2.75, 3.05) is 25.5 Å². The lowest BCUT2D eigenvalue weighted by Gasteiger charge is -2.36. The molecule has 2 aromatic carbocycles. The zero-order valence-corrected chi connectivity index (χ0v) is 39.3. The van der Waals surface area contributed by atoms with Crippen LogP contribution in [0.5, 0.6) is 11.5 Å². The number of amides is 5. The van der Waals surface area contributed by atoms with Crippen LogP contribution in [0.3, 0.4) is 0 Å². The van der Waals surface area contributed by atoms with Gasteiger partial charge in [-0.1, -0.05) is 43.5 Å². The van der Waals surface area contributed by atoms with Gasteiger partial charge in [-0.25, -0.2) is 23.8 Å². The van der Waals surface area contributed by atoms with Crippen LogP contribution in [0, 0.1) is 11.8 Å². The molecule has 0 bridgehead atoms. The Morgan fingerprint density at radius 3 is 2.60 bits per heavy atom. The summed E-state index contributed by atoms with van der Waals surface area (Å²) in [5.41, 5.74) is 0.611. The predicted octanol–water partition coefficient (Wildman–Crippen LogP) is 6.03. The zero-order chi connectivity index (χ0) is 47.0. The minimum Gasteiger partial charge on any atom is -0.497 e. The second-order valence-electron chi connectivity index (χ2n) is 18.4. The fraction of sp³-hybridized carbons (Fsp3) is 0.479. The predicted molar refractivity (Wildman–Crippen MR) is 252 cm³/mol. The summed E-state index contributed by atoms with van der Waals surface area (Å²) in [6, 6.07) is 10.8. The van der Waals surface area contributed by atoms with E-state index in [0.29, 0.717) is 57.1 Å². The number of ether oxygens (including phenoxy) is 2. The Labute approximate surface area is 395 Å². The Hall–Kier alpha value is -6.08. The molecule has 2 aliphatic carbocycles. The number of methoxy groups -OCH3 is 1. The zero-order valence-electron chi connectivity index (χ0n) is 37.7. The molecule has 354 valence electrons. The molecule has 5 N–H and O–H groups in total. The van der Waals surface area contributed by atoms with Gasteiger partial charge in [0.1, 0.15) is 40.9 Å². The van der Waals surface area contributed by atoms with Crippen LogP contribution >= 0.6 is 11.3 Å². The summed E-state index contributed by atoms with van der Waals surface area (Å²) < 4.78 is 27.1. The summed E-state index contributed by atoms with van der Waals surface area (Å²) in [4.78, 5) is 81.3. The molecule has 67 heavy (non-hydrogen) atoms. The second kappa shape index (κ2) is 19.3. The van der Waals surface area contributed by atoms with E-state index >= 15 is 4.79 Å². The number of carbonyl (C=O) groups is 5. The number of hydrogen-bond acceptors (Lipinski definition) is 12. The third kappa shape index (κ3) is 9.57. The maximum absolute atomic E-state index is 15.0. The third-order valence-electron chi connectivity index (χ3n) is 13.5. The Morgan fingerprint density at radius 1 is 1.03 bits per heavy atom. The lowest BCUT2D eigenvalue weighted by Crippen LogP contribution is -2.59. The molecule has 7 atom stereocenters. The summed E-state index contributed by atoms with van der Waals surface area (Å²) in [5, 5.41) is 25.8. The number of thiazole rings is 1. The number of aromatic nitrogens is 2. The number of nitrogens with zero attached hydrogens (tertiary/aromatic N) is 4. The van der Waals surface area contributed by atoms with Gasteiger partial charge in [0.2, 0.25) is 11.8 Å². The molecule has 9 rings (SSSR count). The Bertz CT molecular complexity index is 2600. The van der Waals surface area contributed by atoms with Crippen molar-refractivity contribution in [2.24, 2.45) is 11.8 Å². The summed E-state index contributed by atoms with van der Waals surface area (Å²) >= 11 is 1.45. The van der Waals surface area contributed by atoms with E-state index in [0.717, 1.165) is 37.2 Å². The molecule has 5 aliphatic rings. The molecule has 2 saturated carbocycles. The van der Waals surface area contributed by atoms with Crippen LogP contribution in [-0.2, 0) is 25.4 Å². The summed E-state index contributed by atoms with van der Waals surface area (Å²) in [5.74, 6) is -1.97. The average Bonchev–Trinajstić information content (AvgIpc) is 3.51. The molecular weight excluding hydrogens is 897 g/mol. The molecular formula is C48H56N8O9S2. The van der Waals surface area contributed by atoms with Crippen molar-refractivity contribution < 1.29 is 42.8 Å². The van der Waals surface area contributed by atoms with Gasteiger partial charge in [0.25, 0.3) is 5.91 Å². The number of benzene rings is 2. The van der Waals surface area contributed by atoms with Crippen molar-refractivity contribution in [3.63, 3.8) is 0 Å². The number of aliphatic carboxylic acids is 1. The van der Waals surface area contributed by atoms with Gasteiger partial charge in [-0.2, -0.15) is 0 Å². The van der Waals surface area contributed by atoms with Crippen LogP contribution in [0.1, 0.15) is 88.4 Å². The number of carbonyl (C=O) groups excluding carboxylic acids is 4. The van der Waals surface area contributed by atoms with Gasteiger partial charge in [0, 0.05) is 41.3 Å². The molecule has 3 fully saturated rings. The molecule has 2 unspecified atom stereocenters. The minimum atomic E-state index is -1.73. The van der Waals surface area contributed by atoms with E-state index in [-0.39, 0.29) is 50.2 Å². The number of hydrogen-bond donors (Lipinski definition) is 5. The molecule has 19 heteroatoms.